The van der Waals surface area contributed by atoms with Gasteiger partial charge in [-0.05, 0) is 42.0 Å². The highest BCUT2D eigenvalue weighted by Crippen LogP contribution is 2.37. The predicted molar refractivity (Wildman–Crippen MR) is 85.3 cm³/mol. The first-order valence-corrected chi connectivity index (χ1v) is 7.15. The molecule has 0 unspecified atom stereocenters. The number of benzene rings is 2. The van der Waals surface area contributed by atoms with E-state index in [-0.39, 0.29) is 12.4 Å². The number of rotatable bonds is 5. The third-order valence-corrected chi connectivity index (χ3v) is 3.48. The number of carbonyl (C=O) groups is 1. The molecule has 0 aliphatic heterocycles. The Morgan fingerprint density at radius 1 is 1.00 bits per heavy atom. The molecule has 0 radical (unpaired) electrons. The smallest absolute Gasteiger partial charge is 0.309 e. The molecule has 0 saturated heterocycles. The van der Waals surface area contributed by atoms with Crippen molar-refractivity contribution in [1.82, 2.24) is 0 Å². The second-order valence-corrected chi connectivity index (χ2v) is 5.23. The number of hydrogen-bond donors (Lipinski definition) is 0. The summed E-state index contributed by atoms with van der Waals surface area (Å²) >= 11 is 12.4. The van der Waals surface area contributed by atoms with Crippen molar-refractivity contribution in [2.75, 3.05) is 14.2 Å². The van der Waals surface area contributed by atoms with Gasteiger partial charge in [-0.3, -0.25) is 4.79 Å². The Balaban J connectivity index is 2.21. The van der Waals surface area contributed by atoms with Crippen molar-refractivity contribution < 1.29 is 19.0 Å². The minimum atomic E-state index is -0.365. The molecule has 0 N–H and O–H groups in total. The van der Waals surface area contributed by atoms with Crippen LogP contribution in [0.15, 0.2) is 36.4 Å². The molecule has 0 amide bonds. The van der Waals surface area contributed by atoms with E-state index in [0.29, 0.717) is 27.1 Å². The first kappa shape index (κ1) is 16.5. The molecule has 0 atom stereocenters. The Bertz CT molecular complexity index is 645. The summed E-state index contributed by atoms with van der Waals surface area (Å²) in [7, 11) is 2.91. The van der Waals surface area contributed by atoms with E-state index in [2.05, 4.69) is 4.74 Å². The number of carbonyl (C=O) groups excluding carboxylic acids is 1. The van der Waals surface area contributed by atoms with E-state index in [1.54, 1.807) is 43.5 Å². The Morgan fingerprint density at radius 2 is 1.55 bits per heavy atom. The summed E-state index contributed by atoms with van der Waals surface area (Å²) in [6, 6.07) is 10.3. The van der Waals surface area contributed by atoms with Gasteiger partial charge in [-0.1, -0.05) is 23.2 Å². The molecule has 0 spiro atoms. The molecule has 116 valence electrons. The van der Waals surface area contributed by atoms with Gasteiger partial charge >= 0.3 is 5.97 Å². The molecule has 0 aliphatic rings. The van der Waals surface area contributed by atoms with Crippen molar-refractivity contribution in [3.05, 3.63) is 52.0 Å². The number of esters is 1. The molecule has 0 saturated carbocycles. The lowest BCUT2D eigenvalue weighted by Crippen LogP contribution is -2.04. The van der Waals surface area contributed by atoms with Crippen LogP contribution in [0.5, 0.6) is 17.2 Å². The fourth-order valence-electron chi connectivity index (χ4n) is 1.81. The zero-order valence-corrected chi connectivity index (χ0v) is 13.6. The summed E-state index contributed by atoms with van der Waals surface area (Å²) in [4.78, 5) is 11.3. The standard InChI is InChI=1S/C16H14Cl2O4/c1-20-11-3-5-12(6-4-11)22-16-13(17)7-10(8-14(16)18)9-15(19)21-2/h3-8H,9H2,1-2H3. The molecule has 6 heteroatoms. The van der Waals surface area contributed by atoms with Gasteiger partial charge < -0.3 is 14.2 Å². The van der Waals surface area contributed by atoms with E-state index in [4.69, 9.17) is 32.7 Å². The summed E-state index contributed by atoms with van der Waals surface area (Å²) in [6.07, 6.45) is 0.0960. The molecule has 0 heterocycles. The van der Waals surface area contributed by atoms with Gasteiger partial charge in [0.2, 0.25) is 0 Å². The molecule has 4 nitrogen and oxygen atoms in total. The Morgan fingerprint density at radius 3 is 2.05 bits per heavy atom. The zero-order chi connectivity index (χ0) is 16.1. The molecule has 0 aliphatic carbocycles. The highest BCUT2D eigenvalue weighted by atomic mass is 35.5. The van der Waals surface area contributed by atoms with Crippen molar-refractivity contribution in [2.45, 2.75) is 6.42 Å². The predicted octanol–water partition coefficient (Wildman–Crippen LogP) is 4.51. The van der Waals surface area contributed by atoms with Crippen LogP contribution in [0.1, 0.15) is 5.56 Å². The summed E-state index contributed by atoms with van der Waals surface area (Å²) in [5.41, 5.74) is 0.656. The van der Waals surface area contributed by atoms with Crippen LogP contribution in [0.3, 0.4) is 0 Å². The quantitative estimate of drug-likeness (QED) is 0.751. The first-order valence-electron chi connectivity index (χ1n) is 6.40. The van der Waals surface area contributed by atoms with Crippen molar-refractivity contribution in [3.8, 4) is 17.2 Å². The van der Waals surface area contributed by atoms with Crippen LogP contribution < -0.4 is 9.47 Å². The van der Waals surface area contributed by atoms with Crippen molar-refractivity contribution in [1.29, 1.82) is 0 Å². The van der Waals surface area contributed by atoms with Crippen molar-refractivity contribution in [2.24, 2.45) is 0 Å². The largest absolute Gasteiger partial charge is 0.497 e. The summed E-state index contributed by atoms with van der Waals surface area (Å²) in [5, 5.41) is 0.643. The van der Waals surface area contributed by atoms with E-state index in [1.165, 1.54) is 7.11 Å². The van der Waals surface area contributed by atoms with Crippen LogP contribution in [0, 0.1) is 0 Å². The van der Waals surface area contributed by atoms with Crippen molar-refractivity contribution in [3.63, 3.8) is 0 Å². The Labute approximate surface area is 138 Å². The lowest BCUT2D eigenvalue weighted by atomic mass is 10.1. The van der Waals surface area contributed by atoms with E-state index >= 15 is 0 Å². The van der Waals surface area contributed by atoms with E-state index in [9.17, 15) is 4.79 Å². The number of methoxy groups -OCH3 is 2. The van der Waals surface area contributed by atoms with Gasteiger partial charge in [0.05, 0.1) is 30.7 Å². The van der Waals surface area contributed by atoms with Crippen LogP contribution in [-0.4, -0.2) is 20.2 Å². The van der Waals surface area contributed by atoms with Crippen LogP contribution in [0.2, 0.25) is 10.0 Å². The third kappa shape index (κ3) is 4.06. The Kier molecular flexibility index (Phi) is 5.52. The molecule has 2 rings (SSSR count). The first-order chi connectivity index (χ1) is 10.5. The Hall–Kier alpha value is -1.91. The minimum absolute atomic E-state index is 0.0960. The van der Waals surface area contributed by atoms with Gasteiger partial charge in [0, 0.05) is 0 Å². The molecule has 0 bridgehead atoms. The maximum Gasteiger partial charge on any atom is 0.309 e. The SMILES string of the molecule is COC(=O)Cc1cc(Cl)c(Oc2ccc(OC)cc2)c(Cl)c1. The normalized spacial score (nSPS) is 10.2. The molecule has 0 fully saturated rings. The second kappa shape index (κ2) is 7.38. The maximum atomic E-state index is 11.3. The lowest BCUT2D eigenvalue weighted by molar-refractivity contribution is -0.139. The van der Waals surface area contributed by atoms with Crippen LogP contribution >= 0.6 is 23.2 Å². The maximum absolute atomic E-state index is 11.3. The highest BCUT2D eigenvalue weighted by molar-refractivity contribution is 6.37. The molecule has 0 aromatic heterocycles. The second-order valence-electron chi connectivity index (χ2n) is 4.42. The minimum Gasteiger partial charge on any atom is -0.497 e. The topological polar surface area (TPSA) is 44.8 Å². The van der Waals surface area contributed by atoms with Gasteiger partial charge in [-0.2, -0.15) is 0 Å². The molecule has 2 aromatic rings. The average molecular weight is 341 g/mol. The number of halogens is 2. The monoisotopic (exact) mass is 340 g/mol. The van der Waals surface area contributed by atoms with E-state index in [0.717, 1.165) is 5.75 Å². The lowest BCUT2D eigenvalue weighted by Gasteiger charge is -2.11. The molecule has 2 aromatic carbocycles. The third-order valence-electron chi connectivity index (χ3n) is 2.91. The van der Waals surface area contributed by atoms with Gasteiger partial charge in [0.1, 0.15) is 11.5 Å². The highest BCUT2D eigenvalue weighted by Gasteiger charge is 2.13. The summed E-state index contributed by atoms with van der Waals surface area (Å²) in [5.74, 6) is 1.27. The van der Waals surface area contributed by atoms with E-state index < -0.39 is 0 Å². The molecular weight excluding hydrogens is 327 g/mol. The molecule has 22 heavy (non-hydrogen) atoms. The van der Waals surface area contributed by atoms with Gasteiger partial charge in [-0.15, -0.1) is 0 Å². The van der Waals surface area contributed by atoms with Crippen LogP contribution in [0.25, 0.3) is 0 Å². The van der Waals surface area contributed by atoms with Gasteiger partial charge in [-0.25, -0.2) is 0 Å². The zero-order valence-electron chi connectivity index (χ0n) is 12.1. The summed E-state index contributed by atoms with van der Waals surface area (Å²) < 4.78 is 15.4. The van der Waals surface area contributed by atoms with Gasteiger partial charge in [0.15, 0.2) is 5.75 Å². The van der Waals surface area contributed by atoms with Crippen molar-refractivity contribution >= 4 is 29.2 Å². The fourth-order valence-corrected chi connectivity index (χ4v) is 2.42. The fraction of sp³-hybridized carbons (Fsp3) is 0.188. The van der Waals surface area contributed by atoms with Gasteiger partial charge in [0.25, 0.3) is 0 Å². The number of ether oxygens (including phenoxy) is 3. The average Bonchev–Trinajstić information content (AvgIpc) is 2.51. The number of hydrogen-bond acceptors (Lipinski definition) is 4. The van der Waals surface area contributed by atoms with E-state index in [1.807, 2.05) is 0 Å². The van der Waals surface area contributed by atoms with Crippen LogP contribution in [0.4, 0.5) is 0 Å². The van der Waals surface area contributed by atoms with Crippen LogP contribution in [-0.2, 0) is 16.0 Å². The molecular formula is C16H14Cl2O4. The summed E-state index contributed by atoms with van der Waals surface area (Å²) in [6.45, 7) is 0.